The van der Waals surface area contributed by atoms with Crippen LogP contribution in [0.3, 0.4) is 0 Å². The Morgan fingerprint density at radius 3 is 0.769 bits per heavy atom. The summed E-state index contributed by atoms with van der Waals surface area (Å²) in [5.74, 6) is -4.44. The molecule has 0 radical (unpaired) electrons. The first-order valence-corrected chi connectivity index (χ1v) is 16.0. The van der Waals surface area contributed by atoms with Gasteiger partial charge in [-0.05, 0) is 97.9 Å². The third kappa shape index (κ3) is 22.1. The first-order chi connectivity index (χ1) is 23.1. The monoisotopic (exact) mass is 744 g/mol. The van der Waals surface area contributed by atoms with Crippen LogP contribution in [0.25, 0.3) is 24.3 Å². The van der Waals surface area contributed by atoms with E-state index in [0.29, 0.717) is 51.9 Å². The Hall–Kier alpha value is -1.38. The molecule has 0 saturated heterocycles. The standard InChI is InChI=1S/C38H44N2O8.4Na/c41-35(42)5-1-25-39(26-2-6-36(43)44)33-21-17-31(18-22-33)15-13-29-9-11-30(12-10-29)14-16-32-19-23-34(24-20-32)40(27-3-7-37(45)46)28-4-8-38(47)48;;;;/h9-24H,1-8,25-28H2,(H,41,42)(H,43,44)(H,45,46)(H,47,48);;;;/q;4*+1/p-4/b15-13+,16-14+;;;;. The predicted octanol–water partition coefficient (Wildman–Crippen LogP) is -10.2. The van der Waals surface area contributed by atoms with Crippen molar-refractivity contribution in [1.29, 1.82) is 0 Å². The summed E-state index contributed by atoms with van der Waals surface area (Å²) >= 11 is 0. The Bertz CT molecular complexity index is 1390. The van der Waals surface area contributed by atoms with E-state index in [1.165, 1.54) is 0 Å². The molecule has 0 heterocycles. The Labute approximate surface area is 394 Å². The minimum absolute atomic E-state index is 0. The number of hydrogen-bond donors (Lipinski definition) is 0. The summed E-state index contributed by atoms with van der Waals surface area (Å²) in [7, 11) is 0. The van der Waals surface area contributed by atoms with Gasteiger partial charge in [0.25, 0.3) is 0 Å². The number of carbonyl (C=O) groups is 4. The van der Waals surface area contributed by atoms with Crippen LogP contribution in [-0.4, -0.2) is 50.1 Å². The molecule has 0 N–H and O–H groups in total. The summed E-state index contributed by atoms with van der Waals surface area (Å²) in [4.78, 5) is 47.2. The number of anilines is 2. The van der Waals surface area contributed by atoms with Gasteiger partial charge in [-0.1, -0.05) is 72.8 Å². The van der Waals surface area contributed by atoms with E-state index < -0.39 is 23.9 Å². The molecule has 0 saturated carbocycles. The molecule has 10 nitrogen and oxygen atoms in total. The topological polar surface area (TPSA) is 167 Å². The fourth-order valence-electron chi connectivity index (χ4n) is 5.09. The van der Waals surface area contributed by atoms with E-state index in [1.807, 2.05) is 107 Å². The summed E-state index contributed by atoms with van der Waals surface area (Å²) in [6, 6.07) is 23.6. The molecular weight excluding hydrogens is 704 g/mol. The van der Waals surface area contributed by atoms with Gasteiger partial charge < -0.3 is 49.4 Å². The third-order valence-electron chi connectivity index (χ3n) is 7.63. The zero-order valence-electron chi connectivity index (χ0n) is 30.9. The van der Waals surface area contributed by atoms with Crippen molar-refractivity contribution in [2.75, 3.05) is 36.0 Å². The van der Waals surface area contributed by atoms with Gasteiger partial charge in [-0.3, -0.25) is 0 Å². The zero-order chi connectivity index (χ0) is 34.7. The SMILES string of the molecule is O=C([O-])CCCN(CCCC(=O)[O-])c1ccc(/C=C/c2ccc(/C=C/c3ccc(N(CCCC(=O)[O-])CCCC(=O)[O-])cc3)cc2)cc1.[Na+].[Na+].[Na+].[Na+]. The second-order valence-electron chi connectivity index (χ2n) is 11.4. The van der Waals surface area contributed by atoms with Crippen molar-refractivity contribution in [3.8, 4) is 0 Å². The first-order valence-electron chi connectivity index (χ1n) is 16.0. The third-order valence-corrected chi connectivity index (χ3v) is 7.63. The molecular formula is C38H40N2Na4O8. The van der Waals surface area contributed by atoms with E-state index in [2.05, 4.69) is 0 Å². The molecule has 0 aliphatic carbocycles. The van der Waals surface area contributed by atoms with Crippen LogP contribution >= 0.6 is 0 Å². The number of hydrogen-bond acceptors (Lipinski definition) is 10. The maximum absolute atomic E-state index is 10.8. The van der Waals surface area contributed by atoms with Crippen molar-refractivity contribution in [2.45, 2.75) is 51.4 Å². The number of benzene rings is 3. The summed E-state index contributed by atoms with van der Waals surface area (Å²) in [6.07, 6.45) is 9.35. The second-order valence-corrected chi connectivity index (χ2v) is 11.4. The minimum atomic E-state index is -1.11. The van der Waals surface area contributed by atoms with Crippen LogP contribution in [0.4, 0.5) is 11.4 Å². The van der Waals surface area contributed by atoms with E-state index >= 15 is 0 Å². The van der Waals surface area contributed by atoms with Crippen LogP contribution < -0.4 is 148 Å². The Balaban J connectivity index is 0. The van der Waals surface area contributed by atoms with E-state index in [1.54, 1.807) is 0 Å². The number of aliphatic carboxylic acids is 4. The van der Waals surface area contributed by atoms with Gasteiger partial charge in [0.05, 0.1) is 0 Å². The van der Waals surface area contributed by atoms with Gasteiger partial charge in [0.2, 0.25) is 0 Å². The smallest absolute Gasteiger partial charge is 0.550 e. The average molecular weight is 745 g/mol. The quantitative estimate of drug-likeness (QED) is 0.0713. The number of nitrogens with zero attached hydrogens (tertiary/aromatic N) is 2. The van der Waals surface area contributed by atoms with Gasteiger partial charge in [-0.15, -0.1) is 0 Å². The number of carboxylic acids is 4. The Morgan fingerprint density at radius 1 is 0.385 bits per heavy atom. The first kappa shape index (κ1) is 52.7. The fraction of sp³-hybridized carbons (Fsp3) is 0.316. The van der Waals surface area contributed by atoms with Crippen molar-refractivity contribution in [3.05, 3.63) is 95.1 Å². The molecule has 0 aromatic heterocycles. The van der Waals surface area contributed by atoms with Gasteiger partial charge in [-0.25, -0.2) is 0 Å². The molecule has 0 bridgehead atoms. The van der Waals surface area contributed by atoms with Gasteiger partial charge >= 0.3 is 118 Å². The van der Waals surface area contributed by atoms with Gasteiger partial charge in [0, 0.05) is 61.4 Å². The van der Waals surface area contributed by atoms with E-state index in [9.17, 15) is 39.6 Å². The molecule has 254 valence electrons. The number of carbonyl (C=O) groups excluding carboxylic acids is 4. The van der Waals surface area contributed by atoms with Gasteiger partial charge in [0.1, 0.15) is 0 Å². The molecule has 0 aliphatic rings. The van der Waals surface area contributed by atoms with E-state index in [-0.39, 0.29) is 144 Å². The van der Waals surface area contributed by atoms with Gasteiger partial charge in [0.15, 0.2) is 0 Å². The van der Waals surface area contributed by atoms with Crippen LogP contribution in [0.15, 0.2) is 72.8 Å². The average Bonchev–Trinajstić information content (AvgIpc) is 3.05. The Morgan fingerprint density at radius 2 is 0.577 bits per heavy atom. The normalized spacial score (nSPS) is 10.3. The summed E-state index contributed by atoms with van der Waals surface area (Å²) in [5.41, 5.74) is 5.76. The van der Waals surface area contributed by atoms with Crippen molar-refractivity contribution in [3.63, 3.8) is 0 Å². The van der Waals surface area contributed by atoms with Crippen LogP contribution in [0.1, 0.15) is 73.6 Å². The molecule has 14 heteroatoms. The Kier molecular flexibility index (Phi) is 30.3. The van der Waals surface area contributed by atoms with Gasteiger partial charge in [-0.2, -0.15) is 0 Å². The molecule has 0 atom stereocenters. The summed E-state index contributed by atoms with van der Waals surface area (Å²) in [6.45, 7) is 1.90. The maximum Gasteiger partial charge on any atom is 1.00 e. The minimum Gasteiger partial charge on any atom is -0.550 e. The van der Waals surface area contributed by atoms with Crippen molar-refractivity contribution >= 4 is 59.6 Å². The van der Waals surface area contributed by atoms with E-state index in [4.69, 9.17) is 0 Å². The second kappa shape index (κ2) is 29.9. The van der Waals surface area contributed by atoms with Crippen molar-refractivity contribution in [1.82, 2.24) is 0 Å². The van der Waals surface area contributed by atoms with Crippen molar-refractivity contribution in [2.24, 2.45) is 0 Å². The summed E-state index contributed by atoms with van der Waals surface area (Å²) < 4.78 is 0. The molecule has 52 heavy (non-hydrogen) atoms. The van der Waals surface area contributed by atoms with Crippen LogP contribution in [0.2, 0.25) is 0 Å². The zero-order valence-corrected chi connectivity index (χ0v) is 38.9. The molecule has 3 rings (SSSR count). The number of rotatable bonds is 22. The van der Waals surface area contributed by atoms with Crippen molar-refractivity contribution < 1.29 is 158 Å². The molecule has 3 aromatic rings. The van der Waals surface area contributed by atoms with Crippen LogP contribution in [0.5, 0.6) is 0 Å². The maximum atomic E-state index is 10.8. The van der Waals surface area contributed by atoms with E-state index in [0.717, 1.165) is 33.6 Å². The molecule has 0 aliphatic heterocycles. The summed E-state index contributed by atoms with van der Waals surface area (Å²) in [5, 5.41) is 43.3. The molecule has 0 spiro atoms. The fourth-order valence-corrected chi connectivity index (χ4v) is 5.09. The van der Waals surface area contributed by atoms with Crippen LogP contribution in [0, 0.1) is 0 Å². The molecule has 0 fully saturated rings. The largest absolute Gasteiger partial charge is 1.00 e. The molecule has 3 aromatic carbocycles. The molecule has 0 unspecified atom stereocenters. The number of carboxylic acid groups (broad SMARTS) is 4. The van der Waals surface area contributed by atoms with Crippen LogP contribution in [-0.2, 0) is 19.2 Å². The predicted molar refractivity (Wildman–Crippen MR) is 179 cm³/mol. The molecule has 0 amide bonds.